The van der Waals surface area contributed by atoms with Crippen molar-refractivity contribution in [2.45, 2.75) is 50.7 Å². The topological polar surface area (TPSA) is 105 Å². The number of benzene rings is 1. The summed E-state index contributed by atoms with van der Waals surface area (Å²) in [5.41, 5.74) is 2.84. The molecule has 9 nitrogen and oxygen atoms in total. The third-order valence-corrected chi connectivity index (χ3v) is 6.96. The Morgan fingerprint density at radius 3 is 2.59 bits per heavy atom. The highest BCUT2D eigenvalue weighted by molar-refractivity contribution is 6.05. The van der Waals surface area contributed by atoms with E-state index >= 15 is 0 Å². The predicted octanol–water partition coefficient (Wildman–Crippen LogP) is 1.76. The van der Waals surface area contributed by atoms with E-state index in [9.17, 15) is 18.8 Å². The molecule has 0 bridgehead atoms. The molecule has 1 aromatic carbocycles. The highest BCUT2D eigenvalue weighted by Crippen LogP contribution is 2.37. The summed E-state index contributed by atoms with van der Waals surface area (Å²) in [5, 5.41) is 2.31. The van der Waals surface area contributed by atoms with E-state index in [0.29, 0.717) is 18.0 Å². The first-order valence-corrected chi connectivity index (χ1v) is 11.5. The summed E-state index contributed by atoms with van der Waals surface area (Å²) in [6, 6.07) is 2.10. The molecule has 3 aliphatic heterocycles. The summed E-state index contributed by atoms with van der Waals surface area (Å²) < 4.78 is 19.6. The highest BCUT2D eigenvalue weighted by Gasteiger charge is 2.41. The number of hydrogen-bond acceptors (Lipinski definition) is 7. The highest BCUT2D eigenvalue weighted by atomic mass is 19.1. The van der Waals surface area contributed by atoms with Gasteiger partial charge in [0.15, 0.2) is 0 Å². The number of halogens is 1. The SMILES string of the molecule is COc1cnc(CN2CCC(c3cc(F)cc4c3CN(C3CCC(=O)NC3=O)C4=O)CC2)cn1. The molecule has 0 aliphatic carbocycles. The van der Waals surface area contributed by atoms with Gasteiger partial charge in [0.25, 0.3) is 5.91 Å². The van der Waals surface area contributed by atoms with Gasteiger partial charge in [0, 0.05) is 25.1 Å². The summed E-state index contributed by atoms with van der Waals surface area (Å²) >= 11 is 0. The first-order chi connectivity index (χ1) is 16.4. The number of methoxy groups -OCH3 is 1. The number of amides is 3. The molecule has 0 radical (unpaired) electrons. The fourth-order valence-electron chi connectivity index (χ4n) is 5.18. The lowest BCUT2D eigenvalue weighted by atomic mass is 9.85. The van der Waals surface area contributed by atoms with Crippen LogP contribution in [0.5, 0.6) is 5.88 Å². The summed E-state index contributed by atoms with van der Waals surface area (Å²) in [7, 11) is 1.55. The van der Waals surface area contributed by atoms with Crippen LogP contribution in [0.15, 0.2) is 24.5 Å². The van der Waals surface area contributed by atoms with E-state index in [1.807, 2.05) is 0 Å². The molecule has 1 atom stereocenters. The number of carbonyl (C=O) groups is 3. The number of aromatic nitrogens is 2. The Morgan fingerprint density at radius 1 is 1.12 bits per heavy atom. The van der Waals surface area contributed by atoms with Crippen LogP contribution in [-0.2, 0) is 22.7 Å². The third kappa shape index (κ3) is 4.25. The van der Waals surface area contributed by atoms with Crippen LogP contribution in [0.3, 0.4) is 0 Å². The summed E-state index contributed by atoms with van der Waals surface area (Å²) in [6.07, 6.45) is 5.44. The number of piperidine rings is 2. The minimum atomic E-state index is -0.707. The Hall–Kier alpha value is -3.40. The van der Waals surface area contributed by atoms with Gasteiger partial charge in [0.2, 0.25) is 17.7 Å². The van der Waals surface area contributed by atoms with Gasteiger partial charge < -0.3 is 9.64 Å². The Morgan fingerprint density at radius 2 is 1.91 bits per heavy atom. The largest absolute Gasteiger partial charge is 0.480 e. The lowest BCUT2D eigenvalue weighted by Gasteiger charge is -2.33. The van der Waals surface area contributed by atoms with Gasteiger partial charge in [-0.2, -0.15) is 0 Å². The third-order valence-electron chi connectivity index (χ3n) is 6.96. The predicted molar refractivity (Wildman–Crippen MR) is 118 cm³/mol. The summed E-state index contributed by atoms with van der Waals surface area (Å²) in [6.45, 7) is 2.56. The van der Waals surface area contributed by atoms with Crippen LogP contribution in [-0.4, -0.2) is 63.7 Å². The van der Waals surface area contributed by atoms with Crippen molar-refractivity contribution in [3.05, 3.63) is 52.7 Å². The van der Waals surface area contributed by atoms with Gasteiger partial charge >= 0.3 is 0 Å². The minimum Gasteiger partial charge on any atom is -0.480 e. The molecule has 0 spiro atoms. The molecule has 2 saturated heterocycles. The number of nitrogens with zero attached hydrogens (tertiary/aromatic N) is 4. The van der Waals surface area contributed by atoms with Crippen molar-refractivity contribution in [3.8, 4) is 5.88 Å². The van der Waals surface area contributed by atoms with E-state index in [1.165, 1.54) is 17.0 Å². The van der Waals surface area contributed by atoms with Crippen LogP contribution in [0.2, 0.25) is 0 Å². The van der Waals surface area contributed by atoms with Crippen LogP contribution in [0.25, 0.3) is 0 Å². The first kappa shape index (κ1) is 22.4. The average molecular weight is 468 g/mol. The van der Waals surface area contributed by atoms with Crippen LogP contribution < -0.4 is 10.1 Å². The summed E-state index contributed by atoms with van der Waals surface area (Å²) in [4.78, 5) is 49.3. The number of nitrogens with one attached hydrogen (secondary N) is 1. The number of hydrogen-bond donors (Lipinski definition) is 1. The summed E-state index contributed by atoms with van der Waals surface area (Å²) in [5.74, 6) is -0.983. The van der Waals surface area contributed by atoms with Crippen molar-refractivity contribution in [2.24, 2.45) is 0 Å². The van der Waals surface area contributed by atoms with E-state index in [4.69, 9.17) is 4.74 Å². The molecule has 5 rings (SSSR count). The fourth-order valence-corrected chi connectivity index (χ4v) is 5.18. The van der Waals surface area contributed by atoms with Crippen molar-refractivity contribution >= 4 is 17.7 Å². The Labute approximate surface area is 196 Å². The maximum absolute atomic E-state index is 14.5. The number of rotatable bonds is 5. The van der Waals surface area contributed by atoms with Gasteiger partial charge in [-0.3, -0.25) is 29.6 Å². The fraction of sp³-hybridized carbons (Fsp3) is 0.458. The molecular weight excluding hydrogens is 441 g/mol. The normalized spacial score (nSPS) is 21.5. The van der Waals surface area contributed by atoms with Gasteiger partial charge in [-0.05, 0) is 61.5 Å². The van der Waals surface area contributed by atoms with Gasteiger partial charge in [-0.1, -0.05) is 0 Å². The van der Waals surface area contributed by atoms with Gasteiger partial charge in [-0.15, -0.1) is 0 Å². The van der Waals surface area contributed by atoms with Gasteiger partial charge in [0.1, 0.15) is 11.9 Å². The smallest absolute Gasteiger partial charge is 0.255 e. The van der Waals surface area contributed by atoms with E-state index in [-0.39, 0.29) is 37.1 Å². The lowest BCUT2D eigenvalue weighted by Crippen LogP contribution is -2.52. The molecule has 4 heterocycles. The Balaban J connectivity index is 1.29. The van der Waals surface area contributed by atoms with Gasteiger partial charge in [-0.25, -0.2) is 9.37 Å². The van der Waals surface area contributed by atoms with E-state index in [0.717, 1.165) is 42.8 Å². The number of imide groups is 1. The zero-order valence-electron chi connectivity index (χ0n) is 18.9. The van der Waals surface area contributed by atoms with E-state index in [1.54, 1.807) is 19.5 Å². The van der Waals surface area contributed by atoms with Crippen LogP contribution in [0.1, 0.15) is 58.8 Å². The maximum atomic E-state index is 14.5. The van der Waals surface area contributed by atoms with Crippen molar-refractivity contribution in [1.82, 2.24) is 25.1 Å². The molecule has 3 amide bonds. The molecule has 178 valence electrons. The van der Waals surface area contributed by atoms with Crippen molar-refractivity contribution < 1.29 is 23.5 Å². The second kappa shape index (κ2) is 9.09. The second-order valence-corrected chi connectivity index (χ2v) is 9.02. The quantitative estimate of drug-likeness (QED) is 0.668. The standard InChI is InChI=1S/C24H26FN5O4/c1-34-22-11-26-16(10-27-22)12-29-6-4-14(5-7-29)17-8-15(25)9-18-19(17)13-30(24(18)33)20-2-3-21(31)28-23(20)32/h8-11,14,20H,2-7,12-13H2,1H3,(H,28,31,32). The Bertz CT molecular complexity index is 1130. The van der Waals surface area contributed by atoms with Crippen LogP contribution in [0, 0.1) is 5.82 Å². The zero-order chi connectivity index (χ0) is 23.8. The molecule has 1 unspecified atom stereocenters. The van der Waals surface area contributed by atoms with Crippen LogP contribution >= 0.6 is 0 Å². The molecule has 2 aromatic rings. The van der Waals surface area contributed by atoms with Crippen molar-refractivity contribution in [2.75, 3.05) is 20.2 Å². The minimum absolute atomic E-state index is 0.122. The monoisotopic (exact) mass is 467 g/mol. The van der Waals surface area contributed by atoms with E-state index in [2.05, 4.69) is 20.2 Å². The molecule has 0 saturated carbocycles. The second-order valence-electron chi connectivity index (χ2n) is 9.02. The zero-order valence-corrected chi connectivity index (χ0v) is 18.9. The average Bonchev–Trinajstić information content (AvgIpc) is 3.15. The molecular formula is C24H26FN5O4. The molecule has 1 N–H and O–H groups in total. The van der Waals surface area contributed by atoms with Gasteiger partial charge in [0.05, 0.1) is 25.2 Å². The molecule has 3 aliphatic rings. The van der Waals surface area contributed by atoms with E-state index < -0.39 is 17.8 Å². The molecule has 10 heteroatoms. The first-order valence-electron chi connectivity index (χ1n) is 11.5. The number of likely N-dealkylation sites (tertiary alicyclic amines) is 1. The lowest BCUT2D eigenvalue weighted by molar-refractivity contribution is -0.136. The number of ether oxygens (including phenoxy) is 1. The molecule has 2 fully saturated rings. The number of fused-ring (bicyclic) bond motifs is 1. The molecule has 34 heavy (non-hydrogen) atoms. The Kier molecular flexibility index (Phi) is 5.99. The molecule has 1 aromatic heterocycles. The van der Waals surface area contributed by atoms with Crippen molar-refractivity contribution in [1.29, 1.82) is 0 Å². The maximum Gasteiger partial charge on any atom is 0.255 e. The van der Waals surface area contributed by atoms with Crippen molar-refractivity contribution in [3.63, 3.8) is 0 Å². The van der Waals surface area contributed by atoms with Crippen LogP contribution in [0.4, 0.5) is 4.39 Å². The number of carbonyl (C=O) groups excluding carboxylic acids is 3.